The molecule has 5 nitrogen and oxygen atoms in total. The number of amides is 1. The van der Waals surface area contributed by atoms with Crippen LogP contribution >= 0.6 is 24.0 Å². The van der Waals surface area contributed by atoms with Crippen LogP contribution in [0.4, 0.5) is 18.9 Å². The van der Waals surface area contributed by atoms with Gasteiger partial charge in [-0.15, -0.1) is 12.4 Å². The Bertz CT molecular complexity index is 1080. The van der Waals surface area contributed by atoms with Crippen molar-refractivity contribution in [2.24, 2.45) is 0 Å². The highest BCUT2D eigenvalue weighted by Gasteiger charge is 2.39. The van der Waals surface area contributed by atoms with Crippen LogP contribution in [0.25, 0.3) is 5.69 Å². The van der Waals surface area contributed by atoms with E-state index in [1.807, 2.05) is 12.1 Å². The van der Waals surface area contributed by atoms with Crippen LogP contribution in [0, 0.1) is 0 Å². The van der Waals surface area contributed by atoms with Crippen molar-refractivity contribution in [1.82, 2.24) is 15.1 Å². The second kappa shape index (κ2) is 9.94. The molecule has 4 rings (SSSR count). The lowest BCUT2D eigenvalue weighted by Crippen LogP contribution is -2.26. The van der Waals surface area contributed by atoms with Gasteiger partial charge in [0.1, 0.15) is 0 Å². The molecule has 0 aliphatic carbocycles. The number of carbonyl (C=O) groups excluding carboxylic acids is 1. The van der Waals surface area contributed by atoms with Crippen molar-refractivity contribution >= 4 is 35.6 Å². The summed E-state index contributed by atoms with van der Waals surface area (Å²) in [6, 6.07) is 13.6. The largest absolute Gasteiger partial charge is 0.435 e. The molecule has 0 radical (unpaired) electrons. The fourth-order valence-corrected chi connectivity index (χ4v) is 3.93. The van der Waals surface area contributed by atoms with Gasteiger partial charge in [-0.1, -0.05) is 35.9 Å². The lowest BCUT2D eigenvalue weighted by Gasteiger charge is -2.23. The number of anilines is 1. The molecule has 1 amide bonds. The Hall–Kier alpha value is -2.55. The average Bonchev–Trinajstić information content (AvgIpc) is 3.21. The van der Waals surface area contributed by atoms with Gasteiger partial charge < -0.3 is 10.6 Å². The first kappa shape index (κ1) is 24.1. The van der Waals surface area contributed by atoms with Crippen molar-refractivity contribution in [3.05, 3.63) is 76.6 Å². The highest BCUT2D eigenvalue weighted by atomic mass is 35.5. The van der Waals surface area contributed by atoms with Crippen LogP contribution in [0.15, 0.2) is 54.7 Å². The first-order chi connectivity index (χ1) is 14.8. The monoisotopic (exact) mass is 484 g/mol. The zero-order chi connectivity index (χ0) is 22.0. The number of nitrogens with one attached hydrogen (secondary N) is 2. The quantitative estimate of drug-likeness (QED) is 0.500. The molecule has 2 aromatic carbocycles. The van der Waals surface area contributed by atoms with E-state index in [1.54, 1.807) is 24.3 Å². The normalized spacial score (nSPS) is 14.6. The summed E-state index contributed by atoms with van der Waals surface area (Å²) in [5, 5.41) is 9.66. The Morgan fingerprint density at radius 1 is 1.09 bits per heavy atom. The summed E-state index contributed by atoms with van der Waals surface area (Å²) in [6.45, 7) is 1.91. The van der Waals surface area contributed by atoms with Gasteiger partial charge in [0.15, 0.2) is 5.69 Å². The van der Waals surface area contributed by atoms with E-state index in [-0.39, 0.29) is 23.1 Å². The summed E-state index contributed by atoms with van der Waals surface area (Å²) < 4.78 is 41.6. The van der Waals surface area contributed by atoms with Crippen LogP contribution in [-0.4, -0.2) is 28.8 Å². The minimum atomic E-state index is -4.79. The summed E-state index contributed by atoms with van der Waals surface area (Å²) in [5.74, 6) is -0.447. The fourth-order valence-electron chi connectivity index (χ4n) is 3.70. The molecule has 0 unspecified atom stereocenters. The fraction of sp³-hybridized carbons (Fsp3) is 0.273. The van der Waals surface area contributed by atoms with E-state index in [9.17, 15) is 18.0 Å². The molecule has 1 fully saturated rings. The Kier molecular flexibility index (Phi) is 7.48. The van der Waals surface area contributed by atoms with Gasteiger partial charge in [-0.2, -0.15) is 18.3 Å². The van der Waals surface area contributed by atoms with Crippen molar-refractivity contribution in [2.45, 2.75) is 24.9 Å². The molecule has 1 aliphatic heterocycles. The van der Waals surface area contributed by atoms with Gasteiger partial charge in [0.2, 0.25) is 0 Å². The predicted octanol–water partition coefficient (Wildman–Crippen LogP) is 5.69. The highest BCUT2D eigenvalue weighted by molar-refractivity contribution is 6.32. The Balaban J connectivity index is 0.00000289. The van der Waals surface area contributed by atoms with E-state index < -0.39 is 23.3 Å². The van der Waals surface area contributed by atoms with E-state index >= 15 is 0 Å². The molecule has 2 heterocycles. The van der Waals surface area contributed by atoms with Gasteiger partial charge in [0.25, 0.3) is 5.91 Å². The molecule has 10 heteroatoms. The molecule has 2 N–H and O–H groups in total. The number of benzene rings is 2. The summed E-state index contributed by atoms with van der Waals surface area (Å²) in [4.78, 5) is 12.7. The third-order valence-corrected chi connectivity index (χ3v) is 5.63. The molecule has 32 heavy (non-hydrogen) atoms. The summed E-state index contributed by atoms with van der Waals surface area (Å²) >= 11 is 6.08. The molecule has 0 atom stereocenters. The number of aromatic nitrogens is 2. The number of hydrogen-bond acceptors (Lipinski definition) is 3. The number of piperidine rings is 1. The number of para-hydroxylation sites is 1. The Labute approximate surface area is 194 Å². The maximum Gasteiger partial charge on any atom is 0.435 e. The molecular weight excluding hydrogens is 464 g/mol. The topological polar surface area (TPSA) is 59.0 Å². The standard InChI is InChI=1S/C22H20ClF3N4O.ClH/c23-18-3-1-2-4-19(18)30-13-17(20(29-30)22(24,25)26)21(31)28-16-7-5-14(6-8-16)15-9-11-27-12-10-15;/h1-8,13,15,27H,9-12H2,(H,28,31);1H. The number of hydrogen-bond donors (Lipinski definition) is 2. The zero-order valence-corrected chi connectivity index (χ0v) is 18.4. The van der Waals surface area contributed by atoms with Crippen molar-refractivity contribution in [2.75, 3.05) is 18.4 Å². The van der Waals surface area contributed by atoms with Gasteiger partial charge in [0, 0.05) is 11.9 Å². The molecule has 0 saturated carbocycles. The van der Waals surface area contributed by atoms with E-state index in [0.717, 1.165) is 42.4 Å². The van der Waals surface area contributed by atoms with Crippen LogP contribution in [0.2, 0.25) is 5.02 Å². The smallest absolute Gasteiger partial charge is 0.322 e. The second-order valence-corrected chi connectivity index (χ2v) is 7.79. The van der Waals surface area contributed by atoms with Crippen molar-refractivity contribution in [3.63, 3.8) is 0 Å². The SMILES string of the molecule is Cl.O=C(Nc1ccc(C2CCNCC2)cc1)c1cn(-c2ccccc2Cl)nc1C(F)(F)F. The van der Waals surface area contributed by atoms with Gasteiger partial charge in [-0.25, -0.2) is 4.68 Å². The minimum absolute atomic E-state index is 0. The van der Waals surface area contributed by atoms with Crippen LogP contribution in [0.5, 0.6) is 0 Å². The Morgan fingerprint density at radius 3 is 2.38 bits per heavy atom. The number of carbonyl (C=O) groups is 1. The predicted molar refractivity (Wildman–Crippen MR) is 120 cm³/mol. The molecular formula is C22H21Cl2F3N4O. The number of alkyl halides is 3. The van der Waals surface area contributed by atoms with Crippen LogP contribution in [0.3, 0.4) is 0 Å². The third-order valence-electron chi connectivity index (χ3n) is 5.31. The summed E-state index contributed by atoms with van der Waals surface area (Å²) in [6.07, 6.45) is -1.69. The van der Waals surface area contributed by atoms with E-state index in [4.69, 9.17) is 11.6 Å². The highest BCUT2D eigenvalue weighted by Crippen LogP contribution is 2.33. The first-order valence-corrected chi connectivity index (χ1v) is 10.2. The Morgan fingerprint density at radius 2 is 1.75 bits per heavy atom. The third kappa shape index (κ3) is 5.26. The van der Waals surface area contributed by atoms with E-state index in [0.29, 0.717) is 11.6 Å². The van der Waals surface area contributed by atoms with Gasteiger partial charge in [-0.3, -0.25) is 4.79 Å². The molecule has 0 spiro atoms. The van der Waals surface area contributed by atoms with Crippen LogP contribution < -0.4 is 10.6 Å². The van der Waals surface area contributed by atoms with Gasteiger partial charge in [-0.05, 0) is 61.7 Å². The number of rotatable bonds is 4. The first-order valence-electron chi connectivity index (χ1n) is 9.87. The minimum Gasteiger partial charge on any atom is -0.322 e. The van der Waals surface area contributed by atoms with E-state index in [2.05, 4.69) is 15.7 Å². The molecule has 1 aromatic heterocycles. The zero-order valence-electron chi connectivity index (χ0n) is 16.8. The molecule has 0 bridgehead atoms. The van der Waals surface area contributed by atoms with Crippen molar-refractivity contribution in [3.8, 4) is 5.69 Å². The maximum absolute atomic E-state index is 13.5. The van der Waals surface area contributed by atoms with Crippen molar-refractivity contribution < 1.29 is 18.0 Å². The summed E-state index contributed by atoms with van der Waals surface area (Å²) in [5.41, 5.74) is -0.0190. The van der Waals surface area contributed by atoms with E-state index in [1.165, 1.54) is 12.1 Å². The number of nitrogens with zero attached hydrogens (tertiary/aromatic N) is 2. The molecule has 170 valence electrons. The lowest BCUT2D eigenvalue weighted by molar-refractivity contribution is -0.141. The molecule has 3 aromatic rings. The lowest BCUT2D eigenvalue weighted by atomic mass is 9.90. The maximum atomic E-state index is 13.5. The van der Waals surface area contributed by atoms with Crippen LogP contribution in [-0.2, 0) is 6.18 Å². The summed E-state index contributed by atoms with van der Waals surface area (Å²) in [7, 11) is 0. The molecule has 1 aliphatic rings. The average molecular weight is 485 g/mol. The second-order valence-electron chi connectivity index (χ2n) is 7.39. The van der Waals surface area contributed by atoms with Crippen molar-refractivity contribution in [1.29, 1.82) is 0 Å². The van der Waals surface area contributed by atoms with Gasteiger partial charge in [0.05, 0.1) is 16.3 Å². The molecule has 1 saturated heterocycles. The van der Waals surface area contributed by atoms with Crippen LogP contribution in [0.1, 0.15) is 40.4 Å². The van der Waals surface area contributed by atoms with Gasteiger partial charge >= 0.3 is 6.18 Å². The number of halogens is 5.